The van der Waals surface area contributed by atoms with Gasteiger partial charge in [0, 0.05) is 25.4 Å². The van der Waals surface area contributed by atoms with Crippen LogP contribution in [0.1, 0.15) is 51.2 Å². The molecule has 0 saturated heterocycles. The van der Waals surface area contributed by atoms with Gasteiger partial charge in [-0.1, -0.05) is 18.9 Å². The van der Waals surface area contributed by atoms with Gasteiger partial charge >= 0.3 is 6.01 Å². The van der Waals surface area contributed by atoms with Gasteiger partial charge in [-0.05, 0) is 19.8 Å². The molecule has 0 fully saturated rings. The zero-order valence-electron chi connectivity index (χ0n) is 12.7. The Bertz CT molecular complexity index is 584. The largest absolute Gasteiger partial charge is 0.404 e. The molecular weight excluding hydrogens is 256 g/mol. The number of aryl methyl sites for hydroxylation is 1. The van der Waals surface area contributed by atoms with Crippen molar-refractivity contribution in [2.24, 2.45) is 12.8 Å². The van der Waals surface area contributed by atoms with Crippen LogP contribution in [-0.4, -0.2) is 24.5 Å². The van der Waals surface area contributed by atoms with Crippen molar-refractivity contribution in [1.82, 2.24) is 24.5 Å². The van der Waals surface area contributed by atoms with Crippen molar-refractivity contribution in [2.45, 2.75) is 46.2 Å². The Labute approximate surface area is 118 Å². The van der Waals surface area contributed by atoms with Crippen LogP contribution < -0.4 is 10.5 Å². The lowest BCUT2D eigenvalue weighted by Crippen LogP contribution is -2.13. The van der Waals surface area contributed by atoms with E-state index in [-0.39, 0.29) is 6.04 Å². The molecule has 20 heavy (non-hydrogen) atoms. The zero-order chi connectivity index (χ0) is 14.9. The summed E-state index contributed by atoms with van der Waals surface area (Å²) in [6.45, 7) is 8.80. The molecule has 110 valence electrons. The highest BCUT2D eigenvalue weighted by Crippen LogP contribution is 2.24. The second kappa shape index (κ2) is 5.62. The second-order valence-electron chi connectivity index (χ2n) is 5.16. The Hall–Kier alpha value is -1.89. The maximum Gasteiger partial charge on any atom is 0.323 e. The highest BCUT2D eigenvalue weighted by Gasteiger charge is 2.17. The predicted octanol–water partition coefficient (Wildman–Crippen LogP) is 1.97. The summed E-state index contributed by atoms with van der Waals surface area (Å²) in [6.07, 6.45) is 0. The molecule has 1 atom stereocenters. The molecule has 0 bridgehead atoms. The SMILES string of the molecule is CCn1c(Oc2cc(C(C)C)n(C)n2)nnc1[C@@H](C)N. The van der Waals surface area contributed by atoms with Crippen molar-refractivity contribution in [2.75, 3.05) is 0 Å². The lowest BCUT2D eigenvalue weighted by Gasteiger charge is -2.08. The first-order valence-corrected chi connectivity index (χ1v) is 6.84. The molecule has 0 saturated carbocycles. The van der Waals surface area contributed by atoms with Gasteiger partial charge in [0.15, 0.2) is 5.82 Å². The van der Waals surface area contributed by atoms with Crippen LogP contribution in [0.15, 0.2) is 6.07 Å². The van der Waals surface area contributed by atoms with Crippen LogP contribution >= 0.6 is 0 Å². The highest BCUT2D eigenvalue weighted by molar-refractivity contribution is 5.21. The summed E-state index contributed by atoms with van der Waals surface area (Å²) in [6, 6.07) is 2.16. The fourth-order valence-electron chi connectivity index (χ4n) is 2.15. The van der Waals surface area contributed by atoms with Gasteiger partial charge in [-0.3, -0.25) is 9.25 Å². The minimum absolute atomic E-state index is 0.185. The number of rotatable bonds is 5. The first kappa shape index (κ1) is 14.5. The molecule has 0 aliphatic rings. The average Bonchev–Trinajstić information content (AvgIpc) is 2.93. The van der Waals surface area contributed by atoms with Gasteiger partial charge in [-0.2, -0.15) is 0 Å². The van der Waals surface area contributed by atoms with Gasteiger partial charge in [0.1, 0.15) is 0 Å². The molecule has 2 aromatic heterocycles. The van der Waals surface area contributed by atoms with Crippen LogP contribution in [0.5, 0.6) is 11.9 Å². The summed E-state index contributed by atoms with van der Waals surface area (Å²) in [5, 5.41) is 12.5. The van der Waals surface area contributed by atoms with Crippen LogP contribution in [0.3, 0.4) is 0 Å². The summed E-state index contributed by atoms with van der Waals surface area (Å²) >= 11 is 0. The molecule has 0 aliphatic heterocycles. The number of hydrogen-bond acceptors (Lipinski definition) is 5. The van der Waals surface area contributed by atoms with Crippen molar-refractivity contribution in [3.63, 3.8) is 0 Å². The van der Waals surface area contributed by atoms with E-state index in [0.717, 1.165) is 5.69 Å². The first-order valence-electron chi connectivity index (χ1n) is 6.84. The van der Waals surface area contributed by atoms with E-state index < -0.39 is 0 Å². The van der Waals surface area contributed by atoms with Gasteiger partial charge in [-0.15, -0.1) is 10.2 Å². The number of ether oxygens (including phenoxy) is 1. The van der Waals surface area contributed by atoms with Gasteiger partial charge in [-0.25, -0.2) is 0 Å². The van der Waals surface area contributed by atoms with E-state index in [1.165, 1.54) is 0 Å². The zero-order valence-corrected chi connectivity index (χ0v) is 12.7. The molecule has 2 rings (SSSR count). The Kier molecular flexibility index (Phi) is 4.08. The number of hydrogen-bond donors (Lipinski definition) is 1. The van der Waals surface area contributed by atoms with Gasteiger partial charge in [0.2, 0.25) is 5.88 Å². The third-order valence-electron chi connectivity index (χ3n) is 3.15. The maximum atomic E-state index is 5.87. The molecule has 2 heterocycles. The van der Waals surface area contributed by atoms with Crippen molar-refractivity contribution in [3.05, 3.63) is 17.6 Å². The molecule has 7 heteroatoms. The van der Waals surface area contributed by atoms with Gasteiger partial charge in [0.25, 0.3) is 0 Å². The van der Waals surface area contributed by atoms with E-state index in [1.54, 1.807) is 0 Å². The first-order chi connectivity index (χ1) is 9.43. The van der Waals surface area contributed by atoms with Crippen LogP contribution in [0, 0.1) is 0 Å². The summed E-state index contributed by atoms with van der Waals surface area (Å²) in [5.41, 5.74) is 6.97. The molecule has 0 amide bonds. The monoisotopic (exact) mass is 278 g/mol. The van der Waals surface area contributed by atoms with E-state index in [4.69, 9.17) is 10.5 Å². The van der Waals surface area contributed by atoms with E-state index in [0.29, 0.717) is 30.2 Å². The number of nitrogens with zero attached hydrogens (tertiary/aromatic N) is 5. The van der Waals surface area contributed by atoms with Crippen LogP contribution in [0.2, 0.25) is 0 Å². The topological polar surface area (TPSA) is 83.8 Å². The molecule has 0 aromatic carbocycles. The van der Waals surface area contributed by atoms with E-state index >= 15 is 0 Å². The molecule has 2 N–H and O–H groups in total. The molecular formula is C13H22N6O. The summed E-state index contributed by atoms with van der Waals surface area (Å²) in [7, 11) is 1.90. The second-order valence-corrected chi connectivity index (χ2v) is 5.16. The normalized spacial score (nSPS) is 12.9. The van der Waals surface area contributed by atoms with Crippen molar-refractivity contribution in [1.29, 1.82) is 0 Å². The molecule has 0 radical (unpaired) electrons. The summed E-state index contributed by atoms with van der Waals surface area (Å²) in [4.78, 5) is 0. The molecule has 7 nitrogen and oxygen atoms in total. The van der Waals surface area contributed by atoms with Crippen LogP contribution in [0.4, 0.5) is 0 Å². The molecule has 2 aromatic rings. The smallest absolute Gasteiger partial charge is 0.323 e. The Balaban J connectivity index is 2.28. The Morgan fingerprint density at radius 2 is 2.00 bits per heavy atom. The lowest BCUT2D eigenvalue weighted by atomic mass is 10.1. The molecule has 0 unspecified atom stereocenters. The van der Waals surface area contributed by atoms with E-state index in [1.807, 2.05) is 36.2 Å². The molecule has 0 spiro atoms. The van der Waals surface area contributed by atoms with E-state index in [2.05, 4.69) is 29.1 Å². The highest BCUT2D eigenvalue weighted by atomic mass is 16.5. The fraction of sp³-hybridized carbons (Fsp3) is 0.615. The number of nitrogens with two attached hydrogens (primary N) is 1. The fourth-order valence-corrected chi connectivity index (χ4v) is 2.15. The van der Waals surface area contributed by atoms with Crippen LogP contribution in [0.25, 0.3) is 0 Å². The third-order valence-corrected chi connectivity index (χ3v) is 3.15. The number of aromatic nitrogens is 5. The minimum Gasteiger partial charge on any atom is -0.404 e. The van der Waals surface area contributed by atoms with Crippen molar-refractivity contribution < 1.29 is 4.74 Å². The predicted molar refractivity (Wildman–Crippen MR) is 75.7 cm³/mol. The Morgan fingerprint density at radius 1 is 1.30 bits per heavy atom. The Morgan fingerprint density at radius 3 is 2.50 bits per heavy atom. The quantitative estimate of drug-likeness (QED) is 0.904. The van der Waals surface area contributed by atoms with Crippen LogP contribution in [-0.2, 0) is 13.6 Å². The lowest BCUT2D eigenvalue weighted by molar-refractivity contribution is 0.390. The average molecular weight is 278 g/mol. The van der Waals surface area contributed by atoms with Gasteiger partial charge in [0.05, 0.1) is 6.04 Å². The summed E-state index contributed by atoms with van der Waals surface area (Å²) in [5.74, 6) is 1.62. The summed E-state index contributed by atoms with van der Waals surface area (Å²) < 4.78 is 9.42. The molecule has 0 aliphatic carbocycles. The van der Waals surface area contributed by atoms with E-state index in [9.17, 15) is 0 Å². The van der Waals surface area contributed by atoms with Crippen molar-refractivity contribution >= 4 is 0 Å². The maximum absolute atomic E-state index is 5.87. The van der Waals surface area contributed by atoms with Gasteiger partial charge < -0.3 is 10.5 Å². The van der Waals surface area contributed by atoms with Crippen molar-refractivity contribution in [3.8, 4) is 11.9 Å². The minimum atomic E-state index is -0.185. The third kappa shape index (κ3) is 2.67. The standard InChI is InChI=1S/C13H22N6O/c1-6-19-12(9(4)14)15-16-13(19)20-11-7-10(8(2)3)18(5)17-11/h7-9H,6,14H2,1-5H3/t9-/m1/s1.